The van der Waals surface area contributed by atoms with Crippen LogP contribution in [0, 0.1) is 5.82 Å². The zero-order chi connectivity index (χ0) is 19.9. The van der Waals surface area contributed by atoms with Crippen LogP contribution in [0.2, 0.25) is 0 Å². The average molecular weight is 388 g/mol. The van der Waals surface area contributed by atoms with Crippen molar-refractivity contribution in [1.82, 2.24) is 14.9 Å². The Morgan fingerprint density at radius 3 is 3.04 bits per heavy atom. The second-order valence-corrected chi connectivity index (χ2v) is 7.89. The number of aliphatic imine (C=N–C) groups is 1. The fraction of sp³-hybridized carbons (Fsp3) is 0.500. The van der Waals surface area contributed by atoms with E-state index in [1.807, 2.05) is 0 Å². The summed E-state index contributed by atoms with van der Waals surface area (Å²) in [7, 11) is 0. The van der Waals surface area contributed by atoms with E-state index in [2.05, 4.69) is 21.8 Å². The molecule has 2 saturated heterocycles. The van der Waals surface area contributed by atoms with E-state index in [1.54, 1.807) is 32.2 Å². The van der Waals surface area contributed by atoms with Crippen LogP contribution in [-0.4, -0.2) is 63.3 Å². The van der Waals surface area contributed by atoms with Gasteiger partial charge < -0.3 is 24.5 Å². The van der Waals surface area contributed by atoms with Gasteiger partial charge in [-0.05, 0) is 32.9 Å². The van der Waals surface area contributed by atoms with E-state index in [1.165, 1.54) is 6.20 Å². The number of rotatable bonds is 3. The lowest BCUT2D eigenvalue weighted by atomic mass is 10.0. The minimum Gasteiger partial charge on any atom is -0.488 e. The molecule has 4 heterocycles. The highest BCUT2D eigenvalue weighted by Crippen LogP contribution is 2.27. The zero-order valence-corrected chi connectivity index (χ0v) is 16.3. The van der Waals surface area contributed by atoms with Crippen molar-refractivity contribution in [3.05, 3.63) is 41.7 Å². The summed E-state index contributed by atoms with van der Waals surface area (Å²) in [6.07, 6.45) is 4.59. The molecule has 2 aromatic heterocycles. The van der Waals surface area contributed by atoms with Crippen molar-refractivity contribution in [2.75, 3.05) is 19.8 Å². The highest BCUT2D eigenvalue weighted by molar-refractivity contribution is 5.98. The van der Waals surface area contributed by atoms with E-state index in [9.17, 15) is 9.50 Å². The van der Waals surface area contributed by atoms with Crippen LogP contribution in [0.25, 0.3) is 11.0 Å². The molecule has 2 N–H and O–H groups in total. The number of amidine groups is 1. The number of morpholine rings is 2. The third-order valence-electron chi connectivity index (χ3n) is 4.95. The minimum absolute atomic E-state index is 0.0380. The van der Waals surface area contributed by atoms with E-state index in [-0.39, 0.29) is 18.6 Å². The SMILES string of the molecule is C[C@@H]1COC[C@H]2COC(=C\C(C)(C)O)/C(=N\Cc3c(F)cnc4[nH]ccc34)N21. The van der Waals surface area contributed by atoms with Gasteiger partial charge in [-0.15, -0.1) is 0 Å². The lowest BCUT2D eigenvalue weighted by Gasteiger charge is -2.46. The van der Waals surface area contributed by atoms with E-state index < -0.39 is 11.4 Å². The van der Waals surface area contributed by atoms with Crippen molar-refractivity contribution in [3.63, 3.8) is 0 Å². The van der Waals surface area contributed by atoms with Crippen LogP contribution in [-0.2, 0) is 16.0 Å². The van der Waals surface area contributed by atoms with Gasteiger partial charge in [0, 0.05) is 17.1 Å². The lowest BCUT2D eigenvalue weighted by molar-refractivity contribution is -0.0438. The molecule has 0 aliphatic carbocycles. The van der Waals surface area contributed by atoms with Gasteiger partial charge in [-0.25, -0.2) is 9.37 Å². The van der Waals surface area contributed by atoms with Gasteiger partial charge in [0.1, 0.15) is 18.1 Å². The van der Waals surface area contributed by atoms with Gasteiger partial charge in [-0.1, -0.05) is 0 Å². The summed E-state index contributed by atoms with van der Waals surface area (Å²) in [4.78, 5) is 14.0. The van der Waals surface area contributed by atoms with Gasteiger partial charge in [0.15, 0.2) is 11.6 Å². The van der Waals surface area contributed by atoms with Crippen LogP contribution in [0.1, 0.15) is 26.3 Å². The molecular weight excluding hydrogens is 363 g/mol. The normalized spacial score (nSPS) is 26.0. The molecule has 8 heteroatoms. The fourth-order valence-electron chi connectivity index (χ4n) is 3.72. The van der Waals surface area contributed by atoms with Crippen molar-refractivity contribution >= 4 is 16.9 Å². The van der Waals surface area contributed by atoms with E-state index in [0.717, 1.165) is 0 Å². The first-order chi connectivity index (χ1) is 13.3. The Bertz CT molecular complexity index is 931. The molecule has 7 nitrogen and oxygen atoms in total. The third kappa shape index (κ3) is 3.62. The van der Waals surface area contributed by atoms with E-state index >= 15 is 0 Å². The van der Waals surface area contributed by atoms with Gasteiger partial charge in [0.25, 0.3) is 0 Å². The quantitative estimate of drug-likeness (QED) is 0.844. The number of hydrogen-bond acceptors (Lipinski definition) is 5. The molecule has 4 rings (SSSR count). The number of halogens is 1. The zero-order valence-electron chi connectivity index (χ0n) is 16.3. The largest absolute Gasteiger partial charge is 0.488 e. The van der Waals surface area contributed by atoms with Crippen molar-refractivity contribution in [2.24, 2.45) is 4.99 Å². The minimum atomic E-state index is -1.06. The van der Waals surface area contributed by atoms with Gasteiger partial charge in [0.2, 0.25) is 0 Å². The smallest absolute Gasteiger partial charge is 0.167 e. The maximum atomic E-state index is 14.5. The van der Waals surface area contributed by atoms with Crippen molar-refractivity contribution in [3.8, 4) is 0 Å². The monoisotopic (exact) mass is 388 g/mol. The van der Waals surface area contributed by atoms with Gasteiger partial charge in [-0.3, -0.25) is 4.99 Å². The highest BCUT2D eigenvalue weighted by Gasteiger charge is 2.38. The molecule has 2 aliphatic heterocycles. The first-order valence-corrected chi connectivity index (χ1v) is 9.43. The topological polar surface area (TPSA) is 83.0 Å². The maximum Gasteiger partial charge on any atom is 0.167 e. The summed E-state index contributed by atoms with van der Waals surface area (Å²) in [5.74, 6) is 0.735. The number of aromatic amines is 1. The van der Waals surface area contributed by atoms with Crippen LogP contribution in [0.5, 0.6) is 0 Å². The summed E-state index contributed by atoms with van der Waals surface area (Å²) in [6, 6.07) is 1.93. The highest BCUT2D eigenvalue weighted by atomic mass is 19.1. The summed E-state index contributed by atoms with van der Waals surface area (Å²) in [6.45, 7) is 7.15. The number of aromatic nitrogens is 2. The molecule has 0 unspecified atom stereocenters. The van der Waals surface area contributed by atoms with Crippen LogP contribution >= 0.6 is 0 Å². The molecular formula is C20H25FN4O3. The molecule has 2 fully saturated rings. The van der Waals surface area contributed by atoms with E-state index in [0.29, 0.717) is 48.0 Å². The molecule has 0 radical (unpaired) electrons. The molecule has 0 amide bonds. The number of aliphatic hydroxyl groups is 1. The number of H-pyrrole nitrogens is 1. The molecule has 0 bridgehead atoms. The number of ether oxygens (including phenoxy) is 2. The van der Waals surface area contributed by atoms with Crippen molar-refractivity contribution in [1.29, 1.82) is 0 Å². The standard InChI is InChI=1S/C20H25FN4O3/c1-12-9-27-10-13-11-28-17(6-20(2,3)26)19(25(12)13)24-7-15-14-4-5-22-18(14)23-8-16(15)21/h4-6,8,12-13,26H,7,9-11H2,1-3H3,(H,22,23)/b17-6-,24-19+/t12-,13+/m1/s1. The second kappa shape index (κ2) is 7.18. The first-order valence-electron chi connectivity index (χ1n) is 9.43. The Balaban J connectivity index is 1.75. The fourth-order valence-corrected chi connectivity index (χ4v) is 3.72. The summed E-state index contributed by atoms with van der Waals surface area (Å²) < 4.78 is 26.0. The molecule has 0 spiro atoms. The molecule has 2 aliphatic rings. The Hall–Kier alpha value is -2.45. The summed E-state index contributed by atoms with van der Waals surface area (Å²) >= 11 is 0. The van der Waals surface area contributed by atoms with Gasteiger partial charge in [-0.2, -0.15) is 0 Å². The summed E-state index contributed by atoms with van der Waals surface area (Å²) in [5, 5.41) is 11.0. The second-order valence-electron chi connectivity index (χ2n) is 7.89. The third-order valence-corrected chi connectivity index (χ3v) is 4.95. The number of nitrogens with one attached hydrogen (secondary N) is 1. The molecule has 2 atom stereocenters. The number of fused-ring (bicyclic) bond motifs is 2. The number of hydrogen-bond donors (Lipinski definition) is 2. The van der Waals surface area contributed by atoms with Crippen LogP contribution in [0.15, 0.2) is 35.3 Å². The molecule has 0 saturated carbocycles. The van der Waals surface area contributed by atoms with Gasteiger partial charge in [0.05, 0.1) is 43.6 Å². The predicted octanol–water partition coefficient (Wildman–Crippen LogP) is 2.37. The van der Waals surface area contributed by atoms with Gasteiger partial charge >= 0.3 is 0 Å². The summed E-state index contributed by atoms with van der Waals surface area (Å²) in [5.41, 5.74) is 0.0413. The lowest BCUT2D eigenvalue weighted by Crippen LogP contribution is -2.59. The maximum absolute atomic E-state index is 14.5. The average Bonchev–Trinajstić information content (AvgIpc) is 3.10. The first kappa shape index (κ1) is 18.9. The van der Waals surface area contributed by atoms with Crippen molar-refractivity contribution in [2.45, 2.75) is 45.0 Å². The Labute approximate surface area is 162 Å². The molecule has 0 aromatic carbocycles. The molecule has 2 aromatic rings. The number of nitrogens with zero attached hydrogens (tertiary/aromatic N) is 3. The van der Waals surface area contributed by atoms with Crippen LogP contribution < -0.4 is 0 Å². The Morgan fingerprint density at radius 1 is 1.43 bits per heavy atom. The predicted molar refractivity (Wildman–Crippen MR) is 103 cm³/mol. The van der Waals surface area contributed by atoms with Crippen LogP contribution in [0.3, 0.4) is 0 Å². The Morgan fingerprint density at radius 2 is 2.25 bits per heavy atom. The van der Waals surface area contributed by atoms with Crippen molar-refractivity contribution < 1.29 is 19.0 Å². The Kier molecular flexibility index (Phi) is 4.84. The van der Waals surface area contributed by atoms with Crippen LogP contribution in [0.4, 0.5) is 4.39 Å². The molecule has 28 heavy (non-hydrogen) atoms. The van der Waals surface area contributed by atoms with E-state index in [4.69, 9.17) is 14.5 Å². The molecule has 150 valence electrons. The number of pyridine rings is 1.